The third-order valence-corrected chi connectivity index (χ3v) is 1.84. The second-order valence-electron chi connectivity index (χ2n) is 2.71. The van der Waals surface area contributed by atoms with E-state index in [4.69, 9.17) is 4.74 Å². The highest BCUT2D eigenvalue weighted by Gasteiger charge is 2.09. The van der Waals surface area contributed by atoms with Gasteiger partial charge < -0.3 is 4.74 Å². The summed E-state index contributed by atoms with van der Waals surface area (Å²) in [5.41, 5.74) is 2.68. The van der Waals surface area contributed by atoms with Crippen LogP contribution in [0.1, 0.15) is 38.8 Å². The predicted octanol–water partition coefficient (Wildman–Crippen LogP) is 3.98. The van der Waals surface area contributed by atoms with Crippen LogP contribution in [-0.2, 0) is 6.42 Å². The van der Waals surface area contributed by atoms with E-state index in [1.807, 2.05) is 27.7 Å². The Bertz CT molecular complexity index is 253. The fourth-order valence-electron chi connectivity index (χ4n) is 1.32. The molecule has 0 saturated carbocycles. The van der Waals surface area contributed by atoms with Gasteiger partial charge in [-0.15, -0.1) is 0 Å². The van der Waals surface area contributed by atoms with Crippen molar-refractivity contribution >= 4 is 0 Å². The molecule has 0 spiro atoms. The van der Waals surface area contributed by atoms with Gasteiger partial charge in [0.15, 0.2) is 0 Å². The molecule has 14 heavy (non-hydrogen) atoms. The molecule has 1 heterocycles. The van der Waals surface area contributed by atoms with Gasteiger partial charge in [-0.3, -0.25) is 0 Å². The Kier molecular flexibility index (Phi) is 6.91. The van der Waals surface area contributed by atoms with Crippen LogP contribution < -0.4 is 4.74 Å². The molecular formula is C13H22O. The van der Waals surface area contributed by atoms with E-state index in [0.29, 0.717) is 0 Å². The molecule has 1 aliphatic heterocycles. The molecule has 1 aromatic carbocycles. The average Bonchev–Trinajstić information content (AvgIpc) is 2.71. The van der Waals surface area contributed by atoms with E-state index in [2.05, 4.69) is 25.1 Å². The Morgan fingerprint density at radius 1 is 1.07 bits per heavy atom. The number of aryl methyl sites for hydroxylation is 1. The number of rotatable bonds is 0. The summed E-state index contributed by atoms with van der Waals surface area (Å²) in [4.78, 5) is 0. The van der Waals surface area contributed by atoms with Crippen molar-refractivity contribution < 1.29 is 4.74 Å². The molecule has 0 aromatic heterocycles. The molecule has 0 amide bonds. The van der Waals surface area contributed by atoms with E-state index in [0.717, 1.165) is 18.8 Å². The minimum atomic E-state index is 0.860. The van der Waals surface area contributed by atoms with Crippen LogP contribution in [0.2, 0.25) is 0 Å². The molecule has 2 rings (SSSR count). The fraction of sp³-hybridized carbons (Fsp3) is 0.538. The summed E-state index contributed by atoms with van der Waals surface area (Å²) in [7, 11) is 0. The van der Waals surface area contributed by atoms with Gasteiger partial charge in [0.25, 0.3) is 0 Å². The number of fused-ring (bicyclic) bond motifs is 1. The normalized spacial score (nSPS) is 11.2. The van der Waals surface area contributed by atoms with Gasteiger partial charge in [0, 0.05) is 6.42 Å². The third-order valence-electron chi connectivity index (χ3n) is 1.84. The van der Waals surface area contributed by atoms with Crippen LogP contribution in [0, 0.1) is 6.92 Å². The van der Waals surface area contributed by atoms with Crippen molar-refractivity contribution in [1.82, 2.24) is 0 Å². The maximum atomic E-state index is 5.35. The molecule has 1 nitrogen and oxygen atoms in total. The van der Waals surface area contributed by atoms with Gasteiger partial charge in [0.05, 0.1) is 6.61 Å². The summed E-state index contributed by atoms with van der Waals surface area (Å²) in [6, 6.07) is 6.34. The van der Waals surface area contributed by atoms with E-state index < -0.39 is 0 Å². The summed E-state index contributed by atoms with van der Waals surface area (Å²) in [5.74, 6) is 1.07. The third kappa shape index (κ3) is 3.41. The second kappa shape index (κ2) is 7.43. The molecule has 1 aromatic rings. The van der Waals surface area contributed by atoms with Crippen LogP contribution in [0.15, 0.2) is 18.2 Å². The van der Waals surface area contributed by atoms with E-state index in [1.54, 1.807) is 0 Å². The molecule has 0 bridgehead atoms. The zero-order chi connectivity index (χ0) is 11.0. The van der Waals surface area contributed by atoms with Gasteiger partial charge in [0.1, 0.15) is 5.75 Å². The maximum Gasteiger partial charge on any atom is 0.122 e. The molecule has 1 heteroatoms. The highest BCUT2D eigenvalue weighted by molar-refractivity contribution is 5.39. The average molecular weight is 194 g/mol. The second-order valence-corrected chi connectivity index (χ2v) is 2.71. The van der Waals surface area contributed by atoms with E-state index in [9.17, 15) is 0 Å². The molecule has 80 valence electrons. The zero-order valence-electron chi connectivity index (χ0n) is 10.1. The summed E-state index contributed by atoms with van der Waals surface area (Å²) in [6.45, 7) is 11.0. The van der Waals surface area contributed by atoms with Gasteiger partial charge in [-0.1, -0.05) is 45.4 Å². The van der Waals surface area contributed by atoms with Crippen LogP contribution >= 0.6 is 0 Å². The Morgan fingerprint density at radius 3 is 2.36 bits per heavy atom. The Hall–Kier alpha value is -0.980. The van der Waals surface area contributed by atoms with Gasteiger partial charge in [-0.2, -0.15) is 0 Å². The summed E-state index contributed by atoms with van der Waals surface area (Å²) in [6.07, 6.45) is 1.08. The lowest BCUT2D eigenvalue weighted by Crippen LogP contribution is -1.85. The van der Waals surface area contributed by atoms with Crippen LogP contribution in [0.4, 0.5) is 0 Å². The van der Waals surface area contributed by atoms with Gasteiger partial charge in [-0.25, -0.2) is 0 Å². The number of benzene rings is 1. The van der Waals surface area contributed by atoms with Crippen molar-refractivity contribution in [1.29, 1.82) is 0 Å². The van der Waals surface area contributed by atoms with Crippen molar-refractivity contribution in [3.8, 4) is 5.75 Å². The molecule has 0 radical (unpaired) electrons. The smallest absolute Gasteiger partial charge is 0.122 e. The minimum absolute atomic E-state index is 0.860. The highest BCUT2D eigenvalue weighted by Crippen LogP contribution is 2.25. The summed E-state index contributed by atoms with van der Waals surface area (Å²) >= 11 is 0. The molecule has 0 unspecified atom stereocenters. The van der Waals surface area contributed by atoms with Crippen molar-refractivity contribution in [2.45, 2.75) is 41.0 Å². The lowest BCUT2D eigenvalue weighted by Gasteiger charge is -1.97. The Labute approximate surface area is 88.1 Å². The standard InChI is InChI=1S/C9H10O.2C2H6/c1-7-2-3-9-8(6-7)4-5-10-9;2*1-2/h2-3,6H,4-5H2,1H3;2*1-2H3. The first-order chi connectivity index (χ1) is 6.86. The highest BCUT2D eigenvalue weighted by atomic mass is 16.5. The van der Waals surface area contributed by atoms with Gasteiger partial charge in [-0.05, 0) is 18.6 Å². The quantitative estimate of drug-likeness (QED) is 0.607. The molecule has 1 aliphatic rings. The molecule has 0 fully saturated rings. The first kappa shape index (κ1) is 13.0. The monoisotopic (exact) mass is 194 g/mol. The summed E-state index contributed by atoms with van der Waals surface area (Å²) < 4.78 is 5.35. The van der Waals surface area contributed by atoms with E-state index >= 15 is 0 Å². The van der Waals surface area contributed by atoms with Gasteiger partial charge >= 0.3 is 0 Å². The van der Waals surface area contributed by atoms with Crippen molar-refractivity contribution in [2.75, 3.05) is 6.61 Å². The van der Waals surface area contributed by atoms with Crippen molar-refractivity contribution in [3.63, 3.8) is 0 Å². The molecule has 0 saturated heterocycles. The SMILES string of the molecule is CC.CC.Cc1ccc2c(c1)CCO2. The largest absolute Gasteiger partial charge is 0.493 e. The molecule has 0 atom stereocenters. The van der Waals surface area contributed by atoms with Crippen molar-refractivity contribution in [2.24, 2.45) is 0 Å². The first-order valence-corrected chi connectivity index (χ1v) is 5.58. The van der Waals surface area contributed by atoms with Crippen LogP contribution in [0.5, 0.6) is 5.75 Å². The van der Waals surface area contributed by atoms with E-state index in [1.165, 1.54) is 11.1 Å². The van der Waals surface area contributed by atoms with Crippen LogP contribution in [0.3, 0.4) is 0 Å². The van der Waals surface area contributed by atoms with Crippen LogP contribution in [0.25, 0.3) is 0 Å². The maximum absolute atomic E-state index is 5.35. The topological polar surface area (TPSA) is 9.23 Å². The van der Waals surface area contributed by atoms with Crippen molar-refractivity contribution in [3.05, 3.63) is 29.3 Å². The lowest BCUT2D eigenvalue weighted by atomic mass is 10.1. The Morgan fingerprint density at radius 2 is 1.71 bits per heavy atom. The molecule has 0 N–H and O–H groups in total. The summed E-state index contributed by atoms with van der Waals surface area (Å²) in [5, 5.41) is 0. The minimum Gasteiger partial charge on any atom is -0.493 e. The number of hydrogen-bond acceptors (Lipinski definition) is 1. The van der Waals surface area contributed by atoms with E-state index in [-0.39, 0.29) is 0 Å². The Balaban J connectivity index is 0.000000379. The molecular weight excluding hydrogens is 172 g/mol. The lowest BCUT2D eigenvalue weighted by molar-refractivity contribution is 0.357. The number of ether oxygens (including phenoxy) is 1. The van der Waals surface area contributed by atoms with Crippen LogP contribution in [-0.4, -0.2) is 6.61 Å². The predicted molar refractivity (Wildman–Crippen MR) is 63.1 cm³/mol. The fourth-order valence-corrected chi connectivity index (χ4v) is 1.32. The number of hydrogen-bond donors (Lipinski definition) is 0. The molecule has 0 aliphatic carbocycles. The first-order valence-electron chi connectivity index (χ1n) is 5.58. The van der Waals surface area contributed by atoms with Gasteiger partial charge in [0.2, 0.25) is 0 Å². The zero-order valence-corrected chi connectivity index (χ0v) is 10.1.